The lowest BCUT2D eigenvalue weighted by atomic mass is 9.87. The third-order valence-corrected chi connectivity index (χ3v) is 7.84. The van der Waals surface area contributed by atoms with Gasteiger partial charge in [0.15, 0.2) is 0 Å². The molecule has 0 bridgehead atoms. The van der Waals surface area contributed by atoms with Gasteiger partial charge in [-0.15, -0.1) is 11.6 Å². The lowest BCUT2D eigenvalue weighted by Gasteiger charge is -2.36. The van der Waals surface area contributed by atoms with Crippen molar-refractivity contribution in [3.8, 4) is 0 Å². The van der Waals surface area contributed by atoms with Gasteiger partial charge in [-0.25, -0.2) is 8.42 Å². The van der Waals surface area contributed by atoms with E-state index >= 15 is 0 Å². The summed E-state index contributed by atoms with van der Waals surface area (Å²) in [6, 6.07) is 6.80. The van der Waals surface area contributed by atoms with Crippen LogP contribution >= 0.6 is 27.5 Å². The fourth-order valence-corrected chi connectivity index (χ4v) is 4.38. The molecule has 1 rings (SSSR count). The molecule has 24 heavy (non-hydrogen) atoms. The van der Waals surface area contributed by atoms with Gasteiger partial charge in [-0.05, 0) is 24.5 Å². The second kappa shape index (κ2) is 8.65. The predicted molar refractivity (Wildman–Crippen MR) is 99.0 cm³/mol. The number of alkyl halides is 2. The number of carbonyl (C=O) groups excluding carboxylic acids is 1. The molecule has 5 nitrogen and oxygen atoms in total. The van der Waals surface area contributed by atoms with Crippen molar-refractivity contribution in [2.45, 2.75) is 37.1 Å². The maximum Gasteiger partial charge on any atom is 0.325 e. The molecule has 0 aliphatic carbocycles. The highest BCUT2D eigenvalue weighted by Gasteiger charge is 2.44. The summed E-state index contributed by atoms with van der Waals surface area (Å²) in [5, 5.41) is -0.275. The first-order valence-corrected chi connectivity index (χ1v) is 10.5. The van der Waals surface area contributed by atoms with Gasteiger partial charge in [0, 0.05) is 12.4 Å². The number of nitrogens with zero attached hydrogens (tertiary/aromatic N) is 1. The zero-order valence-corrected chi connectivity index (χ0v) is 17.4. The van der Waals surface area contributed by atoms with Gasteiger partial charge in [0.25, 0.3) is 0 Å². The van der Waals surface area contributed by atoms with Crippen LogP contribution in [0, 0.1) is 5.41 Å². The molecular formula is C16H23BrClNO4S. The molecule has 0 spiro atoms. The molecular weight excluding hydrogens is 418 g/mol. The summed E-state index contributed by atoms with van der Waals surface area (Å²) in [4.78, 5) is 12.5. The van der Waals surface area contributed by atoms with Gasteiger partial charge >= 0.3 is 5.97 Å². The zero-order valence-electron chi connectivity index (χ0n) is 14.2. The normalized spacial score (nSPS) is 15.1. The first kappa shape index (κ1) is 21.4. The van der Waals surface area contributed by atoms with Crippen molar-refractivity contribution in [1.82, 2.24) is 4.31 Å². The van der Waals surface area contributed by atoms with E-state index in [2.05, 4.69) is 15.9 Å². The van der Waals surface area contributed by atoms with Crippen LogP contribution in [0.4, 0.5) is 0 Å². The summed E-state index contributed by atoms with van der Waals surface area (Å²) >= 11 is 9.89. The van der Waals surface area contributed by atoms with Crippen LogP contribution < -0.4 is 0 Å². The molecule has 1 aromatic carbocycles. The van der Waals surface area contributed by atoms with E-state index in [4.69, 9.17) is 16.3 Å². The highest BCUT2D eigenvalue weighted by Crippen LogP contribution is 2.34. The minimum atomic E-state index is -3.88. The Morgan fingerprint density at radius 3 is 2.33 bits per heavy atom. The largest absolute Gasteiger partial charge is 0.465 e. The number of benzene rings is 1. The van der Waals surface area contributed by atoms with Gasteiger partial charge in [-0.3, -0.25) is 4.79 Å². The molecule has 0 fully saturated rings. The summed E-state index contributed by atoms with van der Waals surface area (Å²) in [6.45, 7) is 5.52. The van der Waals surface area contributed by atoms with Gasteiger partial charge in [-0.1, -0.05) is 48.0 Å². The molecule has 1 unspecified atom stereocenters. The maximum atomic E-state index is 12.8. The Hall–Kier alpha value is -0.630. The summed E-state index contributed by atoms with van der Waals surface area (Å²) in [5.41, 5.74) is -0.528. The van der Waals surface area contributed by atoms with Crippen molar-refractivity contribution in [3.63, 3.8) is 0 Å². The fraction of sp³-hybridized carbons (Fsp3) is 0.562. The number of halogens is 2. The summed E-state index contributed by atoms with van der Waals surface area (Å²) in [6.07, 6.45) is 0. The van der Waals surface area contributed by atoms with Crippen LogP contribution in [0.3, 0.4) is 0 Å². The molecule has 0 aliphatic heterocycles. The van der Waals surface area contributed by atoms with Crippen LogP contribution in [-0.4, -0.2) is 49.1 Å². The number of esters is 1. The minimum Gasteiger partial charge on any atom is -0.465 e. The Balaban J connectivity index is 3.31. The van der Waals surface area contributed by atoms with Gasteiger partial charge in [0.2, 0.25) is 10.0 Å². The van der Waals surface area contributed by atoms with E-state index in [0.29, 0.717) is 5.33 Å². The molecule has 0 aliphatic rings. The van der Waals surface area contributed by atoms with Crippen LogP contribution in [-0.2, 0) is 19.6 Å². The van der Waals surface area contributed by atoms with Crippen molar-refractivity contribution in [1.29, 1.82) is 0 Å². The lowest BCUT2D eigenvalue weighted by Crippen LogP contribution is -2.53. The number of hydrogen-bond acceptors (Lipinski definition) is 4. The van der Waals surface area contributed by atoms with Crippen LogP contribution in [0.1, 0.15) is 20.8 Å². The smallest absolute Gasteiger partial charge is 0.325 e. The van der Waals surface area contributed by atoms with Crippen LogP contribution in [0.25, 0.3) is 0 Å². The topological polar surface area (TPSA) is 63.7 Å². The maximum absolute atomic E-state index is 12.8. The van der Waals surface area contributed by atoms with Gasteiger partial charge in [0.05, 0.1) is 16.9 Å². The SMILES string of the molecule is CCOC(=O)[C@H](C(Cl)C(C)(C)CBr)N(C)S(=O)(=O)c1ccccc1. The standard InChI is InChI=1S/C16H23BrClNO4S/c1-5-23-15(20)13(14(18)16(2,3)11-17)19(4)24(21,22)12-9-7-6-8-10-12/h6-10,13-14H,5,11H2,1-4H3/t13-,14?/m0/s1. The summed E-state index contributed by atoms with van der Waals surface area (Å²) < 4.78 is 31.8. The van der Waals surface area contributed by atoms with Crippen LogP contribution in [0.2, 0.25) is 0 Å². The van der Waals surface area contributed by atoms with E-state index < -0.39 is 32.8 Å². The quantitative estimate of drug-likeness (QED) is 0.460. The van der Waals surface area contributed by atoms with Crippen LogP contribution in [0.15, 0.2) is 35.2 Å². The lowest BCUT2D eigenvalue weighted by molar-refractivity contribution is -0.148. The Morgan fingerprint density at radius 2 is 1.88 bits per heavy atom. The molecule has 0 saturated carbocycles. The predicted octanol–water partition coefficient (Wildman–Crippen LogP) is 3.27. The molecule has 0 saturated heterocycles. The van der Waals surface area contributed by atoms with Gasteiger partial charge in [0.1, 0.15) is 6.04 Å². The van der Waals surface area contributed by atoms with Gasteiger partial charge < -0.3 is 4.74 Å². The Kier molecular flexibility index (Phi) is 7.72. The highest BCUT2D eigenvalue weighted by atomic mass is 79.9. The average Bonchev–Trinajstić information content (AvgIpc) is 2.55. The first-order valence-electron chi connectivity index (χ1n) is 7.49. The second-order valence-electron chi connectivity index (χ2n) is 6.06. The van der Waals surface area contributed by atoms with Crippen molar-refractivity contribution in [2.24, 2.45) is 5.41 Å². The third kappa shape index (κ3) is 4.71. The first-order chi connectivity index (χ1) is 11.1. The monoisotopic (exact) mass is 439 g/mol. The van der Waals surface area contributed by atoms with E-state index in [1.807, 2.05) is 13.8 Å². The van der Waals surface area contributed by atoms with Crippen molar-refractivity contribution in [3.05, 3.63) is 30.3 Å². The molecule has 0 amide bonds. The fourth-order valence-electron chi connectivity index (χ4n) is 2.09. The van der Waals surface area contributed by atoms with Crippen molar-refractivity contribution >= 4 is 43.5 Å². The Bertz CT molecular complexity index is 651. The van der Waals surface area contributed by atoms with E-state index in [1.54, 1.807) is 25.1 Å². The number of ether oxygens (including phenoxy) is 1. The molecule has 1 aromatic rings. The Labute approximate surface area is 157 Å². The number of likely N-dealkylation sites (N-methyl/N-ethyl adjacent to an activating group) is 1. The number of carbonyl (C=O) groups is 1. The highest BCUT2D eigenvalue weighted by molar-refractivity contribution is 9.09. The molecule has 8 heteroatoms. The van der Waals surface area contributed by atoms with E-state index in [-0.39, 0.29) is 11.5 Å². The molecule has 0 radical (unpaired) electrons. The third-order valence-electron chi connectivity index (χ3n) is 3.71. The average molecular weight is 441 g/mol. The molecule has 136 valence electrons. The summed E-state index contributed by atoms with van der Waals surface area (Å²) in [7, 11) is -2.53. The minimum absolute atomic E-state index is 0.0994. The number of sulfonamides is 1. The molecule has 2 atom stereocenters. The van der Waals surface area contributed by atoms with Crippen molar-refractivity contribution < 1.29 is 17.9 Å². The number of hydrogen-bond donors (Lipinski definition) is 0. The molecule has 0 N–H and O–H groups in total. The van der Waals surface area contributed by atoms with Gasteiger partial charge in [-0.2, -0.15) is 4.31 Å². The molecule has 0 aromatic heterocycles. The van der Waals surface area contributed by atoms with E-state index in [1.165, 1.54) is 19.2 Å². The Morgan fingerprint density at radius 1 is 1.33 bits per heavy atom. The zero-order chi connectivity index (χ0) is 18.5. The second-order valence-corrected chi connectivity index (χ2v) is 9.08. The number of rotatable bonds is 8. The van der Waals surface area contributed by atoms with Crippen LogP contribution in [0.5, 0.6) is 0 Å². The van der Waals surface area contributed by atoms with E-state index in [0.717, 1.165) is 4.31 Å². The van der Waals surface area contributed by atoms with Crippen molar-refractivity contribution in [2.75, 3.05) is 19.0 Å². The molecule has 0 heterocycles. The summed E-state index contributed by atoms with van der Waals surface area (Å²) in [5.74, 6) is -0.659. The van der Waals surface area contributed by atoms with E-state index in [9.17, 15) is 13.2 Å².